The van der Waals surface area contributed by atoms with Crippen LogP contribution >= 0.6 is 0 Å². The van der Waals surface area contributed by atoms with E-state index < -0.39 is 10.0 Å². The van der Waals surface area contributed by atoms with E-state index in [2.05, 4.69) is 5.32 Å². The van der Waals surface area contributed by atoms with Gasteiger partial charge >= 0.3 is 0 Å². The van der Waals surface area contributed by atoms with E-state index in [1.807, 2.05) is 0 Å². The summed E-state index contributed by atoms with van der Waals surface area (Å²) in [4.78, 5) is -0.0556. The Morgan fingerprint density at radius 2 is 1.86 bits per heavy atom. The Bertz CT molecular complexity index is 763. The predicted molar refractivity (Wildman–Crippen MR) is 80.7 cm³/mol. The molecule has 21 heavy (non-hydrogen) atoms. The normalized spacial score (nSPS) is 12.9. The molecule has 0 amide bonds. The maximum Gasteiger partial charge on any atom is 0.238 e. The fraction of sp³-hybridized carbons (Fsp3) is 0.143. The Labute approximate surface area is 122 Å². The third kappa shape index (κ3) is 3.50. The Hall–Kier alpha value is -2.12. The standard InChI is InChI=1S/C14H16FN3O2S/c1-9(11-4-2-3-5-12(11)15)18-14-8-10(21(17,19)20)6-7-13(14)16/h2-9,18H,16H2,1H3,(H2,17,19,20). The lowest BCUT2D eigenvalue weighted by Gasteiger charge is -2.18. The smallest absolute Gasteiger partial charge is 0.238 e. The van der Waals surface area contributed by atoms with Crippen LogP contribution in [0, 0.1) is 5.82 Å². The fourth-order valence-electron chi connectivity index (χ4n) is 1.97. The maximum atomic E-state index is 13.7. The van der Waals surface area contributed by atoms with Gasteiger partial charge in [-0.05, 0) is 31.2 Å². The zero-order valence-electron chi connectivity index (χ0n) is 11.4. The molecule has 0 aliphatic rings. The van der Waals surface area contributed by atoms with E-state index in [0.29, 0.717) is 16.9 Å². The predicted octanol–water partition coefficient (Wildman–Crippen LogP) is 2.23. The van der Waals surface area contributed by atoms with Crippen LogP contribution in [0.3, 0.4) is 0 Å². The summed E-state index contributed by atoms with van der Waals surface area (Å²) in [7, 11) is -3.82. The van der Waals surface area contributed by atoms with Crippen LogP contribution < -0.4 is 16.2 Å². The summed E-state index contributed by atoms with van der Waals surface area (Å²) in [6.45, 7) is 1.75. The first kappa shape index (κ1) is 15.3. The molecule has 2 aromatic carbocycles. The van der Waals surface area contributed by atoms with Gasteiger partial charge in [0.2, 0.25) is 10.0 Å². The summed E-state index contributed by atoms with van der Waals surface area (Å²) in [5.74, 6) is -0.348. The number of nitrogens with two attached hydrogens (primary N) is 2. The molecular weight excluding hydrogens is 293 g/mol. The fourth-order valence-corrected chi connectivity index (χ4v) is 2.51. The quantitative estimate of drug-likeness (QED) is 0.754. The average molecular weight is 309 g/mol. The second-order valence-electron chi connectivity index (χ2n) is 4.68. The molecule has 5 nitrogen and oxygen atoms in total. The van der Waals surface area contributed by atoms with Crippen LogP contribution in [0.5, 0.6) is 0 Å². The van der Waals surface area contributed by atoms with E-state index in [9.17, 15) is 12.8 Å². The first-order valence-electron chi connectivity index (χ1n) is 6.22. The Kier molecular flexibility index (Phi) is 4.15. The van der Waals surface area contributed by atoms with Gasteiger partial charge in [-0.1, -0.05) is 18.2 Å². The molecular formula is C14H16FN3O2S. The molecule has 0 saturated heterocycles. The number of nitrogens with one attached hydrogen (secondary N) is 1. The molecule has 2 aromatic rings. The Balaban J connectivity index is 2.33. The minimum absolute atomic E-state index is 0.0556. The minimum Gasteiger partial charge on any atom is -0.397 e. The zero-order chi connectivity index (χ0) is 15.6. The summed E-state index contributed by atoms with van der Waals surface area (Å²) in [5.41, 5.74) is 7.00. The van der Waals surface area contributed by atoms with Gasteiger partial charge in [0.25, 0.3) is 0 Å². The third-order valence-electron chi connectivity index (χ3n) is 3.10. The first-order chi connectivity index (χ1) is 9.79. The first-order valence-corrected chi connectivity index (χ1v) is 7.77. The topological polar surface area (TPSA) is 98.2 Å². The number of primary sulfonamides is 1. The van der Waals surface area contributed by atoms with Crippen molar-refractivity contribution in [1.29, 1.82) is 0 Å². The van der Waals surface area contributed by atoms with Crippen LogP contribution in [0.2, 0.25) is 0 Å². The zero-order valence-corrected chi connectivity index (χ0v) is 12.2. The molecule has 0 bridgehead atoms. The van der Waals surface area contributed by atoms with Crippen LogP contribution in [0.15, 0.2) is 47.4 Å². The van der Waals surface area contributed by atoms with Gasteiger partial charge in [0.15, 0.2) is 0 Å². The lowest BCUT2D eigenvalue weighted by molar-refractivity contribution is 0.597. The highest BCUT2D eigenvalue weighted by molar-refractivity contribution is 7.89. The number of sulfonamides is 1. The highest BCUT2D eigenvalue weighted by Gasteiger charge is 2.14. The summed E-state index contributed by atoms with van der Waals surface area (Å²) in [6, 6.07) is 10.0. The lowest BCUT2D eigenvalue weighted by atomic mass is 10.1. The van der Waals surface area contributed by atoms with Crippen molar-refractivity contribution in [3.63, 3.8) is 0 Å². The van der Waals surface area contributed by atoms with Crippen molar-refractivity contribution in [2.24, 2.45) is 5.14 Å². The SMILES string of the molecule is CC(Nc1cc(S(N)(=O)=O)ccc1N)c1ccccc1F. The molecule has 7 heteroatoms. The highest BCUT2D eigenvalue weighted by atomic mass is 32.2. The van der Waals surface area contributed by atoms with Crippen molar-refractivity contribution in [2.45, 2.75) is 17.9 Å². The van der Waals surface area contributed by atoms with Crippen LogP contribution in [-0.2, 0) is 10.0 Å². The van der Waals surface area contributed by atoms with Gasteiger partial charge in [-0.2, -0.15) is 0 Å². The Morgan fingerprint density at radius 3 is 2.48 bits per heavy atom. The number of benzene rings is 2. The molecule has 5 N–H and O–H groups in total. The summed E-state index contributed by atoms with van der Waals surface area (Å²) < 4.78 is 36.4. The van der Waals surface area contributed by atoms with E-state index in [-0.39, 0.29) is 16.8 Å². The van der Waals surface area contributed by atoms with Gasteiger partial charge in [0.1, 0.15) is 5.82 Å². The molecule has 1 atom stereocenters. The number of anilines is 2. The number of nitrogen functional groups attached to an aromatic ring is 1. The van der Waals surface area contributed by atoms with Crippen molar-refractivity contribution < 1.29 is 12.8 Å². The summed E-state index contributed by atoms with van der Waals surface area (Å²) in [6.07, 6.45) is 0. The molecule has 0 spiro atoms. The largest absolute Gasteiger partial charge is 0.397 e. The van der Waals surface area contributed by atoms with Crippen molar-refractivity contribution in [1.82, 2.24) is 0 Å². The van der Waals surface area contributed by atoms with Gasteiger partial charge in [-0.15, -0.1) is 0 Å². The number of rotatable bonds is 4. The van der Waals surface area contributed by atoms with Gasteiger partial charge in [0.05, 0.1) is 22.3 Å². The van der Waals surface area contributed by atoms with Gasteiger partial charge in [0, 0.05) is 5.56 Å². The molecule has 0 saturated carbocycles. The van der Waals surface area contributed by atoms with E-state index in [0.717, 1.165) is 0 Å². The molecule has 0 heterocycles. The van der Waals surface area contributed by atoms with E-state index in [1.54, 1.807) is 25.1 Å². The maximum absolute atomic E-state index is 13.7. The molecule has 2 rings (SSSR count). The summed E-state index contributed by atoms with van der Waals surface area (Å²) in [5, 5.41) is 8.08. The molecule has 0 aliphatic heterocycles. The van der Waals surface area contributed by atoms with Crippen molar-refractivity contribution in [3.05, 3.63) is 53.8 Å². The van der Waals surface area contributed by atoms with Crippen molar-refractivity contribution in [2.75, 3.05) is 11.1 Å². The third-order valence-corrected chi connectivity index (χ3v) is 4.01. The van der Waals surface area contributed by atoms with Gasteiger partial charge in [-0.3, -0.25) is 0 Å². The van der Waals surface area contributed by atoms with Gasteiger partial charge < -0.3 is 11.1 Å². The number of hydrogen-bond acceptors (Lipinski definition) is 4. The van der Waals surface area contributed by atoms with E-state index in [1.165, 1.54) is 24.3 Å². The highest BCUT2D eigenvalue weighted by Crippen LogP contribution is 2.27. The van der Waals surface area contributed by atoms with Crippen LogP contribution in [0.25, 0.3) is 0 Å². The van der Waals surface area contributed by atoms with Crippen LogP contribution in [0.1, 0.15) is 18.5 Å². The van der Waals surface area contributed by atoms with E-state index in [4.69, 9.17) is 10.9 Å². The lowest BCUT2D eigenvalue weighted by Crippen LogP contribution is -2.14. The number of hydrogen-bond donors (Lipinski definition) is 3. The van der Waals surface area contributed by atoms with E-state index >= 15 is 0 Å². The molecule has 1 unspecified atom stereocenters. The van der Waals surface area contributed by atoms with Crippen LogP contribution in [0.4, 0.5) is 15.8 Å². The second-order valence-corrected chi connectivity index (χ2v) is 6.24. The van der Waals surface area contributed by atoms with Crippen molar-refractivity contribution in [3.8, 4) is 0 Å². The average Bonchev–Trinajstić information content (AvgIpc) is 2.40. The number of halogens is 1. The second kappa shape index (κ2) is 5.71. The van der Waals surface area contributed by atoms with Crippen molar-refractivity contribution >= 4 is 21.4 Å². The molecule has 0 fully saturated rings. The van der Waals surface area contributed by atoms with Gasteiger partial charge in [-0.25, -0.2) is 17.9 Å². The molecule has 112 valence electrons. The Morgan fingerprint density at radius 1 is 1.19 bits per heavy atom. The summed E-state index contributed by atoms with van der Waals surface area (Å²) >= 11 is 0. The molecule has 0 aliphatic carbocycles. The van der Waals surface area contributed by atoms with Crippen LogP contribution in [-0.4, -0.2) is 8.42 Å². The minimum atomic E-state index is -3.82. The molecule has 0 radical (unpaired) electrons. The monoisotopic (exact) mass is 309 g/mol. The molecule has 0 aromatic heterocycles.